The number of carbonyl (C=O) groups is 1. The highest BCUT2D eigenvalue weighted by Gasteiger charge is 2.12. The predicted molar refractivity (Wildman–Crippen MR) is 93.0 cm³/mol. The molecule has 0 aliphatic heterocycles. The first-order chi connectivity index (χ1) is 10.9. The van der Waals surface area contributed by atoms with E-state index in [2.05, 4.69) is 10.1 Å². The van der Waals surface area contributed by atoms with Crippen LogP contribution in [0.2, 0.25) is 5.02 Å². The van der Waals surface area contributed by atoms with E-state index in [4.69, 9.17) is 11.6 Å². The number of hydrogen-bond donors (Lipinski definition) is 0. The summed E-state index contributed by atoms with van der Waals surface area (Å²) in [6.45, 7) is 6.02. The van der Waals surface area contributed by atoms with Crippen LogP contribution < -0.4 is 4.80 Å². The van der Waals surface area contributed by atoms with Crippen molar-refractivity contribution in [3.63, 3.8) is 0 Å². The summed E-state index contributed by atoms with van der Waals surface area (Å²) < 4.78 is 4.68. The van der Waals surface area contributed by atoms with Gasteiger partial charge in [-0.05, 0) is 44.5 Å². The molecule has 23 heavy (non-hydrogen) atoms. The van der Waals surface area contributed by atoms with E-state index in [1.54, 1.807) is 16.9 Å². The summed E-state index contributed by atoms with van der Waals surface area (Å²) in [6, 6.07) is 5.71. The molecule has 0 saturated heterocycles. The summed E-state index contributed by atoms with van der Waals surface area (Å²) in [5, 5.41) is 4.95. The third-order valence-corrected chi connectivity index (χ3v) is 4.90. The molecule has 0 aliphatic carbocycles. The van der Waals surface area contributed by atoms with Crippen molar-refractivity contribution in [3.05, 3.63) is 45.5 Å². The van der Waals surface area contributed by atoms with Gasteiger partial charge in [0.15, 0.2) is 10.5 Å². The van der Waals surface area contributed by atoms with E-state index in [9.17, 15) is 4.79 Å². The van der Waals surface area contributed by atoms with Crippen molar-refractivity contribution in [1.82, 2.24) is 14.3 Å². The highest BCUT2D eigenvalue weighted by Crippen LogP contribution is 2.25. The van der Waals surface area contributed by atoms with E-state index < -0.39 is 0 Å². The van der Waals surface area contributed by atoms with Gasteiger partial charge >= 0.3 is 0 Å². The van der Waals surface area contributed by atoms with Crippen LogP contribution in [0.15, 0.2) is 29.4 Å². The molecule has 0 bridgehead atoms. The van der Waals surface area contributed by atoms with Gasteiger partial charge < -0.3 is 4.57 Å². The van der Waals surface area contributed by atoms with Crippen LogP contribution in [-0.4, -0.2) is 20.3 Å². The number of hydrogen-bond acceptors (Lipinski definition) is 3. The summed E-state index contributed by atoms with van der Waals surface area (Å²) in [5.74, 6) is -0.338. The van der Waals surface area contributed by atoms with E-state index >= 15 is 0 Å². The van der Waals surface area contributed by atoms with Gasteiger partial charge in [0.05, 0.1) is 10.2 Å². The fourth-order valence-electron chi connectivity index (χ4n) is 2.46. The quantitative estimate of drug-likeness (QED) is 0.708. The summed E-state index contributed by atoms with van der Waals surface area (Å²) in [7, 11) is 1.90. The Bertz CT molecular complexity index is 964. The minimum Gasteiger partial charge on any atom is -0.319 e. The summed E-state index contributed by atoms with van der Waals surface area (Å²) in [5.41, 5.74) is 2.45. The van der Waals surface area contributed by atoms with Gasteiger partial charge in [-0.3, -0.25) is 9.48 Å². The number of aryl methyl sites for hydroxylation is 2. The lowest BCUT2D eigenvalue weighted by molar-refractivity contribution is 0.0992. The number of rotatable bonds is 2. The predicted octanol–water partition coefficient (Wildman–Crippen LogP) is 3.72. The molecule has 2 heterocycles. The molecule has 3 aromatic rings. The Labute approximate surface area is 142 Å². The average molecular weight is 349 g/mol. The molecule has 0 N–H and O–H groups in total. The molecule has 0 saturated carbocycles. The molecule has 3 rings (SSSR count). The van der Waals surface area contributed by atoms with Gasteiger partial charge in [-0.15, -0.1) is 0 Å². The molecule has 1 amide bonds. The minimum absolute atomic E-state index is 0.210. The SMILES string of the molecule is Cc1cc(Cl)cc2sc(=NC(=O)c3ccn(C(C)C)n3)n(C)c12. The Morgan fingerprint density at radius 3 is 2.78 bits per heavy atom. The van der Waals surface area contributed by atoms with Crippen molar-refractivity contribution in [1.29, 1.82) is 0 Å². The maximum Gasteiger partial charge on any atom is 0.300 e. The molecule has 2 aromatic heterocycles. The van der Waals surface area contributed by atoms with E-state index in [1.165, 1.54) is 11.3 Å². The molecule has 5 nitrogen and oxygen atoms in total. The number of benzene rings is 1. The lowest BCUT2D eigenvalue weighted by Crippen LogP contribution is -2.14. The second kappa shape index (κ2) is 5.94. The molecule has 0 unspecified atom stereocenters. The summed E-state index contributed by atoms with van der Waals surface area (Å²) in [6.07, 6.45) is 1.79. The second-order valence-corrected chi connectivity index (χ2v) is 7.15. The van der Waals surface area contributed by atoms with E-state index in [1.807, 2.05) is 44.5 Å². The Morgan fingerprint density at radius 1 is 1.39 bits per heavy atom. The number of carbonyl (C=O) groups excluding carboxylic acids is 1. The van der Waals surface area contributed by atoms with Crippen LogP contribution in [-0.2, 0) is 7.05 Å². The monoisotopic (exact) mass is 348 g/mol. The van der Waals surface area contributed by atoms with Crippen molar-refractivity contribution in [2.45, 2.75) is 26.8 Å². The molecule has 7 heteroatoms. The van der Waals surface area contributed by atoms with Crippen LogP contribution >= 0.6 is 22.9 Å². The average Bonchev–Trinajstić information content (AvgIpc) is 3.05. The molecule has 0 spiro atoms. The van der Waals surface area contributed by atoms with E-state index in [0.717, 1.165) is 15.8 Å². The lowest BCUT2D eigenvalue weighted by atomic mass is 10.2. The van der Waals surface area contributed by atoms with Crippen molar-refractivity contribution in [3.8, 4) is 0 Å². The molecule has 120 valence electrons. The number of thiazole rings is 1. The first-order valence-corrected chi connectivity index (χ1v) is 8.46. The zero-order valence-electron chi connectivity index (χ0n) is 13.4. The number of halogens is 1. The summed E-state index contributed by atoms with van der Waals surface area (Å²) >= 11 is 7.55. The highest BCUT2D eigenvalue weighted by molar-refractivity contribution is 7.16. The standard InChI is InChI=1S/C16H17ClN4OS/c1-9(2)21-6-5-12(19-21)15(22)18-16-20(4)14-10(3)7-11(17)8-13(14)23-16/h5-9H,1-4H3. The molecule has 0 aliphatic rings. The fourth-order valence-corrected chi connectivity index (χ4v) is 3.93. The van der Waals surface area contributed by atoms with Crippen LogP contribution in [0.3, 0.4) is 0 Å². The van der Waals surface area contributed by atoms with Crippen molar-refractivity contribution in [2.24, 2.45) is 12.0 Å². The maximum atomic E-state index is 12.4. The number of nitrogens with zero attached hydrogens (tertiary/aromatic N) is 4. The molecule has 0 atom stereocenters. The van der Waals surface area contributed by atoms with Gasteiger partial charge in [0.2, 0.25) is 0 Å². The highest BCUT2D eigenvalue weighted by atomic mass is 35.5. The zero-order chi connectivity index (χ0) is 16.7. The topological polar surface area (TPSA) is 52.2 Å². The minimum atomic E-state index is -0.338. The zero-order valence-corrected chi connectivity index (χ0v) is 14.9. The van der Waals surface area contributed by atoms with Gasteiger partial charge in [-0.2, -0.15) is 10.1 Å². The maximum absolute atomic E-state index is 12.4. The largest absolute Gasteiger partial charge is 0.319 e. The molecule has 1 aromatic carbocycles. The Balaban J connectivity index is 2.08. The molecule has 0 fully saturated rings. The van der Waals surface area contributed by atoms with Gasteiger partial charge in [0.25, 0.3) is 5.91 Å². The van der Waals surface area contributed by atoms with Crippen molar-refractivity contribution in [2.75, 3.05) is 0 Å². The van der Waals surface area contributed by atoms with Crippen LogP contribution in [0.4, 0.5) is 0 Å². The van der Waals surface area contributed by atoms with Gasteiger partial charge in [0.1, 0.15) is 0 Å². The number of fused-ring (bicyclic) bond motifs is 1. The normalized spacial score (nSPS) is 12.5. The van der Waals surface area contributed by atoms with Crippen LogP contribution in [0.25, 0.3) is 10.2 Å². The smallest absolute Gasteiger partial charge is 0.300 e. The Hall–Kier alpha value is -1.92. The fraction of sp³-hybridized carbons (Fsp3) is 0.312. The number of amides is 1. The lowest BCUT2D eigenvalue weighted by Gasteiger charge is -2.02. The van der Waals surface area contributed by atoms with Gasteiger partial charge in [-0.1, -0.05) is 22.9 Å². The Morgan fingerprint density at radius 2 is 2.13 bits per heavy atom. The third kappa shape index (κ3) is 2.96. The van der Waals surface area contributed by atoms with Gasteiger partial charge in [0, 0.05) is 24.3 Å². The molecule has 0 radical (unpaired) electrons. The van der Waals surface area contributed by atoms with E-state index in [0.29, 0.717) is 15.5 Å². The Kier molecular flexibility index (Phi) is 4.12. The third-order valence-electron chi connectivity index (χ3n) is 3.61. The van der Waals surface area contributed by atoms with Gasteiger partial charge in [-0.25, -0.2) is 0 Å². The molecular formula is C16H17ClN4OS. The van der Waals surface area contributed by atoms with Crippen LogP contribution in [0, 0.1) is 6.92 Å². The summed E-state index contributed by atoms with van der Waals surface area (Å²) in [4.78, 5) is 17.2. The molecular weight excluding hydrogens is 332 g/mol. The number of aromatic nitrogens is 3. The van der Waals surface area contributed by atoms with E-state index in [-0.39, 0.29) is 11.9 Å². The first-order valence-electron chi connectivity index (χ1n) is 7.26. The first kappa shape index (κ1) is 16.0. The van der Waals surface area contributed by atoms with Crippen molar-refractivity contribution >= 4 is 39.1 Å². The van der Waals surface area contributed by atoms with Crippen molar-refractivity contribution < 1.29 is 4.79 Å². The second-order valence-electron chi connectivity index (χ2n) is 5.70. The van der Waals surface area contributed by atoms with Crippen LogP contribution in [0.5, 0.6) is 0 Å². The van der Waals surface area contributed by atoms with Crippen LogP contribution in [0.1, 0.15) is 35.9 Å².